The lowest BCUT2D eigenvalue weighted by Gasteiger charge is -2.64. The SMILES string of the molecule is CC(=O)C1CCC2C3CC(C)[C@@]4(O)CC(=O)CCC4(C)C3C(=O)CC12C. The molecule has 4 saturated carbocycles. The van der Waals surface area contributed by atoms with Crippen molar-refractivity contribution < 1.29 is 19.5 Å². The molecule has 0 spiro atoms. The van der Waals surface area contributed by atoms with Gasteiger partial charge < -0.3 is 5.11 Å². The van der Waals surface area contributed by atoms with Crippen LogP contribution in [-0.4, -0.2) is 28.1 Å². The van der Waals surface area contributed by atoms with Gasteiger partial charge in [0.15, 0.2) is 0 Å². The fraction of sp³-hybridized carbons (Fsp3) is 0.864. The standard InChI is InChI=1S/C22H32O4/c1-12-9-15-17-6-5-16(13(2)23)20(17,3)11-18(25)19(15)21(4)8-7-14(24)10-22(12,21)26/h12,15-17,19,26H,5-11H2,1-4H3/t12?,15?,16?,17?,19?,20?,21?,22-/m0/s1. The second-order valence-electron chi connectivity index (χ2n) is 10.3. The topological polar surface area (TPSA) is 71.4 Å². The summed E-state index contributed by atoms with van der Waals surface area (Å²) >= 11 is 0. The van der Waals surface area contributed by atoms with Crippen molar-refractivity contribution in [2.75, 3.05) is 0 Å². The van der Waals surface area contributed by atoms with Crippen LogP contribution in [0.15, 0.2) is 0 Å². The first-order chi connectivity index (χ1) is 12.0. The molecule has 7 unspecified atom stereocenters. The lowest BCUT2D eigenvalue weighted by atomic mass is 9.41. The summed E-state index contributed by atoms with van der Waals surface area (Å²) in [5.74, 6) is 1.01. The van der Waals surface area contributed by atoms with Crippen molar-refractivity contribution in [3.8, 4) is 0 Å². The van der Waals surface area contributed by atoms with Gasteiger partial charge in [0.2, 0.25) is 0 Å². The van der Waals surface area contributed by atoms with Gasteiger partial charge in [0, 0.05) is 36.5 Å². The predicted molar refractivity (Wildman–Crippen MR) is 97.3 cm³/mol. The van der Waals surface area contributed by atoms with Crippen molar-refractivity contribution in [2.45, 2.75) is 78.2 Å². The molecular weight excluding hydrogens is 328 g/mol. The Morgan fingerprint density at radius 2 is 1.85 bits per heavy atom. The minimum Gasteiger partial charge on any atom is -0.389 e. The van der Waals surface area contributed by atoms with E-state index in [1.54, 1.807) is 6.92 Å². The number of hydrogen-bond donors (Lipinski definition) is 1. The van der Waals surface area contributed by atoms with Crippen molar-refractivity contribution in [2.24, 2.45) is 40.4 Å². The zero-order valence-corrected chi connectivity index (χ0v) is 16.5. The minimum atomic E-state index is -1.06. The molecule has 4 aliphatic carbocycles. The quantitative estimate of drug-likeness (QED) is 0.778. The van der Waals surface area contributed by atoms with Crippen LogP contribution in [0.25, 0.3) is 0 Å². The van der Waals surface area contributed by atoms with E-state index in [-0.39, 0.29) is 52.9 Å². The van der Waals surface area contributed by atoms with Crippen LogP contribution in [0.3, 0.4) is 0 Å². The molecule has 0 saturated heterocycles. The predicted octanol–water partition coefficient (Wildman–Crippen LogP) is 3.34. The number of carbonyl (C=O) groups is 3. The minimum absolute atomic E-state index is 0.00419. The molecule has 26 heavy (non-hydrogen) atoms. The van der Waals surface area contributed by atoms with Crippen molar-refractivity contribution in [3.05, 3.63) is 0 Å². The van der Waals surface area contributed by atoms with Gasteiger partial charge >= 0.3 is 0 Å². The molecule has 4 nitrogen and oxygen atoms in total. The number of rotatable bonds is 1. The fourth-order valence-corrected chi connectivity index (χ4v) is 7.95. The van der Waals surface area contributed by atoms with E-state index in [0.717, 1.165) is 19.3 Å². The molecule has 4 aliphatic rings. The van der Waals surface area contributed by atoms with Crippen molar-refractivity contribution >= 4 is 17.3 Å². The highest BCUT2D eigenvalue weighted by molar-refractivity contribution is 5.88. The molecule has 4 fully saturated rings. The van der Waals surface area contributed by atoms with Crippen LogP contribution in [0, 0.1) is 40.4 Å². The summed E-state index contributed by atoms with van der Waals surface area (Å²) in [6.45, 7) is 7.94. The van der Waals surface area contributed by atoms with Gasteiger partial charge in [-0.3, -0.25) is 14.4 Å². The maximum absolute atomic E-state index is 13.4. The molecule has 0 amide bonds. The monoisotopic (exact) mass is 360 g/mol. The molecule has 0 aromatic carbocycles. The first-order valence-electron chi connectivity index (χ1n) is 10.3. The molecule has 0 heterocycles. The zero-order chi connectivity index (χ0) is 19.1. The lowest BCUT2D eigenvalue weighted by Crippen LogP contribution is -2.67. The van der Waals surface area contributed by atoms with Crippen LogP contribution < -0.4 is 0 Å². The summed E-state index contributed by atoms with van der Waals surface area (Å²) in [6.07, 6.45) is 4.42. The highest BCUT2D eigenvalue weighted by atomic mass is 16.3. The Morgan fingerprint density at radius 1 is 1.15 bits per heavy atom. The normalized spacial score (nSPS) is 53.7. The van der Waals surface area contributed by atoms with Gasteiger partial charge in [-0.05, 0) is 55.8 Å². The van der Waals surface area contributed by atoms with E-state index in [4.69, 9.17) is 0 Å². The van der Waals surface area contributed by atoms with Crippen LogP contribution in [-0.2, 0) is 14.4 Å². The Labute approximate surface area is 156 Å². The number of ketones is 3. The van der Waals surface area contributed by atoms with Crippen molar-refractivity contribution in [1.82, 2.24) is 0 Å². The fourth-order valence-electron chi connectivity index (χ4n) is 7.95. The Kier molecular flexibility index (Phi) is 3.88. The molecule has 0 radical (unpaired) electrons. The van der Waals surface area contributed by atoms with Gasteiger partial charge in [-0.2, -0.15) is 0 Å². The van der Waals surface area contributed by atoms with Crippen LogP contribution in [0.5, 0.6) is 0 Å². The Hall–Kier alpha value is -1.03. The van der Waals surface area contributed by atoms with Gasteiger partial charge in [-0.1, -0.05) is 20.8 Å². The molecular formula is C22H32O4. The molecule has 0 aliphatic heterocycles. The van der Waals surface area contributed by atoms with Gasteiger partial charge in [0.25, 0.3) is 0 Å². The molecule has 1 N–H and O–H groups in total. The maximum Gasteiger partial charge on any atom is 0.137 e. The molecule has 4 rings (SSSR count). The highest BCUT2D eigenvalue weighted by Crippen LogP contribution is 2.68. The van der Waals surface area contributed by atoms with E-state index in [2.05, 4.69) is 20.8 Å². The number of fused-ring (bicyclic) bond motifs is 5. The summed E-state index contributed by atoms with van der Waals surface area (Å²) in [6, 6.07) is 0. The van der Waals surface area contributed by atoms with Crippen LogP contribution in [0.4, 0.5) is 0 Å². The number of Topliss-reactive ketones (excluding diaryl/α,β-unsaturated/α-hetero) is 3. The van der Waals surface area contributed by atoms with Crippen LogP contribution in [0.2, 0.25) is 0 Å². The van der Waals surface area contributed by atoms with Gasteiger partial charge in [-0.15, -0.1) is 0 Å². The second kappa shape index (κ2) is 5.50. The van der Waals surface area contributed by atoms with Crippen LogP contribution in [0.1, 0.15) is 72.6 Å². The van der Waals surface area contributed by atoms with E-state index in [1.165, 1.54) is 0 Å². The maximum atomic E-state index is 13.4. The van der Waals surface area contributed by atoms with Crippen molar-refractivity contribution in [1.29, 1.82) is 0 Å². The molecule has 8 atom stereocenters. The molecule has 144 valence electrons. The Balaban J connectivity index is 1.77. The summed E-state index contributed by atoms with van der Waals surface area (Å²) in [4.78, 5) is 37.8. The summed E-state index contributed by atoms with van der Waals surface area (Å²) in [5.41, 5.74) is -1.80. The lowest BCUT2D eigenvalue weighted by molar-refractivity contribution is -0.222. The largest absolute Gasteiger partial charge is 0.389 e. The van der Waals surface area contributed by atoms with E-state index >= 15 is 0 Å². The first kappa shape index (κ1) is 18.3. The van der Waals surface area contributed by atoms with Crippen LogP contribution >= 0.6 is 0 Å². The number of carbonyl (C=O) groups excluding carboxylic acids is 3. The average molecular weight is 360 g/mol. The Bertz CT molecular complexity index is 684. The smallest absolute Gasteiger partial charge is 0.137 e. The zero-order valence-electron chi connectivity index (χ0n) is 16.5. The third-order valence-corrected chi connectivity index (χ3v) is 9.25. The number of hydrogen-bond acceptors (Lipinski definition) is 4. The van der Waals surface area contributed by atoms with E-state index < -0.39 is 11.0 Å². The van der Waals surface area contributed by atoms with Crippen molar-refractivity contribution in [3.63, 3.8) is 0 Å². The van der Waals surface area contributed by atoms with Gasteiger partial charge in [0.1, 0.15) is 17.3 Å². The average Bonchev–Trinajstić information content (AvgIpc) is 2.87. The van der Waals surface area contributed by atoms with E-state index in [9.17, 15) is 19.5 Å². The molecule has 0 bridgehead atoms. The third-order valence-electron chi connectivity index (χ3n) is 9.25. The number of aliphatic hydroxyl groups is 1. The highest BCUT2D eigenvalue weighted by Gasteiger charge is 2.69. The summed E-state index contributed by atoms with van der Waals surface area (Å²) < 4.78 is 0. The van der Waals surface area contributed by atoms with E-state index in [1.807, 2.05) is 0 Å². The van der Waals surface area contributed by atoms with E-state index in [0.29, 0.717) is 25.2 Å². The van der Waals surface area contributed by atoms with Gasteiger partial charge in [-0.25, -0.2) is 0 Å². The molecule has 0 aromatic rings. The Morgan fingerprint density at radius 3 is 2.50 bits per heavy atom. The first-order valence-corrected chi connectivity index (χ1v) is 10.3. The third kappa shape index (κ3) is 2.08. The summed E-state index contributed by atoms with van der Waals surface area (Å²) in [5, 5.41) is 11.6. The molecule has 0 aromatic heterocycles. The van der Waals surface area contributed by atoms with Gasteiger partial charge in [0.05, 0.1) is 5.60 Å². The second-order valence-corrected chi connectivity index (χ2v) is 10.3. The summed E-state index contributed by atoms with van der Waals surface area (Å²) in [7, 11) is 0. The molecule has 4 heteroatoms.